The van der Waals surface area contributed by atoms with E-state index in [1.165, 1.54) is 15.4 Å². The zero-order valence-corrected chi connectivity index (χ0v) is 13.8. The fourth-order valence-electron chi connectivity index (χ4n) is 2.54. The molecular formula is C16H25N3S. The highest BCUT2D eigenvalue weighted by Gasteiger charge is 2.16. The normalized spacial score (nSPS) is 12.8. The van der Waals surface area contributed by atoms with Crippen molar-refractivity contribution in [2.75, 3.05) is 6.54 Å². The van der Waals surface area contributed by atoms with Crippen molar-refractivity contribution in [3.8, 4) is 0 Å². The van der Waals surface area contributed by atoms with Gasteiger partial charge in [0, 0.05) is 34.5 Å². The van der Waals surface area contributed by atoms with E-state index in [-0.39, 0.29) is 0 Å². The van der Waals surface area contributed by atoms with Crippen LogP contribution < -0.4 is 5.32 Å². The molecule has 0 aromatic carbocycles. The Morgan fingerprint density at radius 2 is 2.10 bits per heavy atom. The van der Waals surface area contributed by atoms with E-state index >= 15 is 0 Å². The number of nitrogens with one attached hydrogen (secondary N) is 1. The summed E-state index contributed by atoms with van der Waals surface area (Å²) in [6, 6.07) is 7.14. The lowest BCUT2D eigenvalue weighted by atomic mass is 10.1. The standard InChI is InChI=1S/C16H25N3S/c1-5-14-8-9-16(20-14)15(17-6-2)11-13-10-12(4)18-19(13)7-3/h8-10,15,17H,5-7,11H2,1-4H3. The van der Waals surface area contributed by atoms with E-state index in [0.29, 0.717) is 6.04 Å². The highest BCUT2D eigenvalue weighted by atomic mass is 32.1. The zero-order chi connectivity index (χ0) is 14.5. The predicted octanol–water partition coefficient (Wildman–Crippen LogP) is 3.73. The molecule has 0 bridgehead atoms. The van der Waals surface area contributed by atoms with Gasteiger partial charge < -0.3 is 5.32 Å². The van der Waals surface area contributed by atoms with Crippen LogP contribution in [-0.4, -0.2) is 16.3 Å². The van der Waals surface area contributed by atoms with Crippen LogP contribution in [-0.2, 0) is 19.4 Å². The molecule has 0 fully saturated rings. The van der Waals surface area contributed by atoms with Crippen molar-refractivity contribution in [3.63, 3.8) is 0 Å². The third-order valence-electron chi connectivity index (χ3n) is 3.52. The maximum absolute atomic E-state index is 4.55. The van der Waals surface area contributed by atoms with E-state index in [1.807, 2.05) is 11.3 Å². The predicted molar refractivity (Wildman–Crippen MR) is 86.5 cm³/mol. The monoisotopic (exact) mass is 291 g/mol. The first-order chi connectivity index (χ1) is 9.67. The van der Waals surface area contributed by atoms with Crippen LogP contribution >= 0.6 is 11.3 Å². The Morgan fingerprint density at radius 1 is 1.30 bits per heavy atom. The fourth-order valence-corrected chi connectivity index (χ4v) is 3.57. The maximum atomic E-state index is 4.55. The van der Waals surface area contributed by atoms with Gasteiger partial charge in [-0.25, -0.2) is 0 Å². The summed E-state index contributed by atoms with van der Waals surface area (Å²) in [5.41, 5.74) is 2.43. The molecule has 4 heteroatoms. The Labute approximate surface area is 126 Å². The summed E-state index contributed by atoms with van der Waals surface area (Å²) in [5.74, 6) is 0. The fraction of sp³-hybridized carbons (Fsp3) is 0.562. The first-order valence-electron chi connectivity index (χ1n) is 7.53. The van der Waals surface area contributed by atoms with E-state index < -0.39 is 0 Å². The van der Waals surface area contributed by atoms with Gasteiger partial charge in [0.05, 0.1) is 5.69 Å². The number of nitrogens with zero attached hydrogens (tertiary/aromatic N) is 2. The summed E-state index contributed by atoms with van der Waals surface area (Å²) in [5, 5.41) is 8.16. The van der Waals surface area contributed by atoms with Crippen molar-refractivity contribution in [2.45, 2.75) is 53.1 Å². The summed E-state index contributed by atoms with van der Waals surface area (Å²) >= 11 is 1.93. The van der Waals surface area contributed by atoms with Crippen molar-refractivity contribution in [3.05, 3.63) is 39.3 Å². The minimum Gasteiger partial charge on any atom is -0.309 e. The average molecular weight is 291 g/mol. The molecule has 110 valence electrons. The summed E-state index contributed by atoms with van der Waals surface area (Å²) in [6.07, 6.45) is 2.13. The topological polar surface area (TPSA) is 29.9 Å². The van der Waals surface area contributed by atoms with Gasteiger partial charge in [-0.1, -0.05) is 13.8 Å². The molecule has 2 heterocycles. The van der Waals surface area contributed by atoms with Crippen LogP contribution in [0.15, 0.2) is 18.2 Å². The SMILES string of the molecule is CCNC(Cc1cc(C)nn1CC)c1ccc(CC)s1. The average Bonchev–Trinajstić information content (AvgIpc) is 3.04. The number of aryl methyl sites for hydroxylation is 3. The van der Waals surface area contributed by atoms with Gasteiger partial charge in [-0.2, -0.15) is 5.10 Å². The molecule has 0 spiro atoms. The smallest absolute Gasteiger partial charge is 0.0596 e. The minimum absolute atomic E-state index is 0.395. The summed E-state index contributed by atoms with van der Waals surface area (Å²) in [6.45, 7) is 10.5. The van der Waals surface area contributed by atoms with Gasteiger partial charge in [0.2, 0.25) is 0 Å². The summed E-state index contributed by atoms with van der Waals surface area (Å²) in [7, 11) is 0. The highest BCUT2D eigenvalue weighted by molar-refractivity contribution is 7.12. The van der Waals surface area contributed by atoms with Crippen molar-refractivity contribution < 1.29 is 0 Å². The van der Waals surface area contributed by atoms with Crippen LogP contribution in [0.25, 0.3) is 0 Å². The lowest BCUT2D eigenvalue weighted by Crippen LogP contribution is -2.23. The Bertz CT molecular complexity index is 542. The lowest BCUT2D eigenvalue weighted by Gasteiger charge is -2.17. The number of hydrogen-bond acceptors (Lipinski definition) is 3. The van der Waals surface area contributed by atoms with E-state index in [2.05, 4.69) is 61.0 Å². The van der Waals surface area contributed by atoms with E-state index in [9.17, 15) is 0 Å². The van der Waals surface area contributed by atoms with Crippen molar-refractivity contribution >= 4 is 11.3 Å². The number of hydrogen-bond donors (Lipinski definition) is 1. The van der Waals surface area contributed by atoms with Crippen LogP contribution in [0.2, 0.25) is 0 Å². The summed E-state index contributed by atoms with van der Waals surface area (Å²) in [4.78, 5) is 2.90. The van der Waals surface area contributed by atoms with Crippen LogP contribution in [0.1, 0.15) is 48.0 Å². The molecule has 1 N–H and O–H groups in total. The summed E-state index contributed by atoms with van der Waals surface area (Å²) < 4.78 is 2.12. The molecule has 0 aliphatic carbocycles. The molecular weight excluding hydrogens is 266 g/mol. The third-order valence-corrected chi connectivity index (χ3v) is 4.87. The molecule has 0 saturated heterocycles. The molecule has 2 aromatic rings. The molecule has 1 unspecified atom stereocenters. The lowest BCUT2D eigenvalue weighted by molar-refractivity contribution is 0.522. The molecule has 2 rings (SSSR count). The second-order valence-electron chi connectivity index (χ2n) is 5.06. The second kappa shape index (κ2) is 7.04. The maximum Gasteiger partial charge on any atom is 0.0596 e. The molecule has 3 nitrogen and oxygen atoms in total. The zero-order valence-electron chi connectivity index (χ0n) is 12.9. The molecule has 0 saturated carbocycles. The molecule has 20 heavy (non-hydrogen) atoms. The van der Waals surface area contributed by atoms with E-state index in [4.69, 9.17) is 0 Å². The van der Waals surface area contributed by atoms with Crippen LogP contribution in [0, 0.1) is 6.92 Å². The van der Waals surface area contributed by atoms with Gasteiger partial charge in [0.25, 0.3) is 0 Å². The van der Waals surface area contributed by atoms with Crippen LogP contribution in [0.5, 0.6) is 0 Å². The quantitative estimate of drug-likeness (QED) is 0.842. The molecule has 0 amide bonds. The highest BCUT2D eigenvalue weighted by Crippen LogP contribution is 2.26. The Hall–Kier alpha value is -1.13. The minimum atomic E-state index is 0.395. The van der Waals surface area contributed by atoms with Gasteiger partial charge in [0.15, 0.2) is 0 Å². The molecule has 0 radical (unpaired) electrons. The molecule has 0 aliphatic heterocycles. The largest absolute Gasteiger partial charge is 0.309 e. The van der Waals surface area contributed by atoms with E-state index in [1.54, 1.807) is 0 Å². The van der Waals surface area contributed by atoms with Crippen molar-refractivity contribution in [2.24, 2.45) is 0 Å². The molecule has 0 aliphatic rings. The second-order valence-corrected chi connectivity index (χ2v) is 6.26. The van der Waals surface area contributed by atoms with Gasteiger partial charge in [-0.15, -0.1) is 11.3 Å². The molecule has 1 atom stereocenters. The molecule has 2 aromatic heterocycles. The van der Waals surface area contributed by atoms with Gasteiger partial charge in [0.1, 0.15) is 0 Å². The Morgan fingerprint density at radius 3 is 2.70 bits per heavy atom. The number of thiophene rings is 1. The van der Waals surface area contributed by atoms with Gasteiger partial charge in [-0.05, 0) is 45.0 Å². The van der Waals surface area contributed by atoms with Gasteiger partial charge in [-0.3, -0.25) is 4.68 Å². The Kier molecular flexibility index (Phi) is 5.38. The van der Waals surface area contributed by atoms with E-state index in [0.717, 1.165) is 31.6 Å². The first-order valence-corrected chi connectivity index (χ1v) is 8.34. The first kappa shape index (κ1) is 15.3. The number of aromatic nitrogens is 2. The Balaban J connectivity index is 2.20. The van der Waals surface area contributed by atoms with Crippen LogP contribution in [0.4, 0.5) is 0 Å². The van der Waals surface area contributed by atoms with Crippen LogP contribution in [0.3, 0.4) is 0 Å². The van der Waals surface area contributed by atoms with Crippen molar-refractivity contribution in [1.82, 2.24) is 15.1 Å². The number of rotatable bonds is 7. The van der Waals surface area contributed by atoms with Crippen molar-refractivity contribution in [1.29, 1.82) is 0 Å². The third kappa shape index (κ3) is 3.49. The van der Waals surface area contributed by atoms with Gasteiger partial charge >= 0.3 is 0 Å². The number of likely N-dealkylation sites (N-methyl/N-ethyl adjacent to an activating group) is 1.